The van der Waals surface area contributed by atoms with E-state index in [1.807, 2.05) is 0 Å². The monoisotopic (exact) mass is 330 g/mol. The normalized spacial score (nSPS) is 53.8. The van der Waals surface area contributed by atoms with Gasteiger partial charge in [-0.15, -0.1) is 0 Å². The zero-order valence-electron chi connectivity index (χ0n) is 16.2. The molecular formula is C23H38O. The summed E-state index contributed by atoms with van der Waals surface area (Å²) >= 11 is 0. The first kappa shape index (κ1) is 17.1. The molecular weight excluding hydrogens is 292 g/mol. The Morgan fingerprint density at radius 2 is 1.75 bits per heavy atom. The Labute approximate surface area is 149 Å². The number of rotatable bonds is 2. The Kier molecular flexibility index (Phi) is 4.18. The second-order valence-corrected chi connectivity index (χ2v) is 10.3. The summed E-state index contributed by atoms with van der Waals surface area (Å²) in [6.07, 6.45) is 12.9. The summed E-state index contributed by atoms with van der Waals surface area (Å²) in [5.41, 5.74) is 1.65. The fourth-order valence-electron chi connectivity index (χ4n) is 8.09. The lowest BCUT2D eigenvalue weighted by Crippen LogP contribution is -2.50. The van der Waals surface area contributed by atoms with Gasteiger partial charge in [-0.2, -0.15) is 0 Å². The van der Waals surface area contributed by atoms with Crippen LogP contribution in [0.4, 0.5) is 0 Å². The molecule has 0 aromatic carbocycles. The molecule has 0 radical (unpaired) electrons. The van der Waals surface area contributed by atoms with Crippen LogP contribution in [0.25, 0.3) is 0 Å². The molecule has 1 N–H and O–H groups in total. The SMILES string of the molecule is C=C(C)[C@H]1CC[C@H]2[C@@H]3CC[C@H]4C[C@@](O)(CC)CC[C@@H]4[C@H]3CC[C@]12C. The van der Waals surface area contributed by atoms with Gasteiger partial charge in [0.2, 0.25) is 0 Å². The van der Waals surface area contributed by atoms with Crippen LogP contribution in [0.15, 0.2) is 12.2 Å². The summed E-state index contributed by atoms with van der Waals surface area (Å²) in [4.78, 5) is 0. The van der Waals surface area contributed by atoms with Crippen molar-refractivity contribution in [3.63, 3.8) is 0 Å². The Bertz CT molecular complexity index is 510. The minimum absolute atomic E-state index is 0.338. The Morgan fingerprint density at radius 3 is 2.46 bits per heavy atom. The molecule has 1 nitrogen and oxygen atoms in total. The van der Waals surface area contributed by atoms with Crippen LogP contribution in [0.1, 0.15) is 85.0 Å². The maximum atomic E-state index is 10.8. The molecule has 4 rings (SSSR count). The molecule has 0 aromatic rings. The Balaban J connectivity index is 1.54. The summed E-state index contributed by atoms with van der Waals surface area (Å²) in [5.74, 6) is 5.40. The van der Waals surface area contributed by atoms with Crippen molar-refractivity contribution in [3.05, 3.63) is 12.2 Å². The molecule has 0 aliphatic heterocycles. The molecule has 0 unspecified atom stereocenters. The zero-order chi connectivity index (χ0) is 17.1. The van der Waals surface area contributed by atoms with Crippen molar-refractivity contribution in [3.8, 4) is 0 Å². The lowest BCUT2D eigenvalue weighted by atomic mass is 9.48. The predicted octanol–water partition coefficient (Wildman–Crippen LogP) is 5.97. The van der Waals surface area contributed by atoms with E-state index < -0.39 is 0 Å². The van der Waals surface area contributed by atoms with Crippen molar-refractivity contribution in [2.75, 3.05) is 0 Å². The lowest BCUT2D eigenvalue weighted by Gasteiger charge is -2.57. The van der Waals surface area contributed by atoms with E-state index in [1.54, 1.807) is 0 Å². The molecule has 1 heteroatoms. The van der Waals surface area contributed by atoms with Gasteiger partial charge in [-0.25, -0.2) is 0 Å². The van der Waals surface area contributed by atoms with Crippen molar-refractivity contribution in [1.29, 1.82) is 0 Å². The quantitative estimate of drug-likeness (QED) is 0.618. The van der Waals surface area contributed by atoms with Crippen molar-refractivity contribution in [2.45, 2.75) is 90.6 Å². The van der Waals surface area contributed by atoms with Gasteiger partial charge in [0.25, 0.3) is 0 Å². The first-order valence-corrected chi connectivity index (χ1v) is 10.8. The van der Waals surface area contributed by atoms with Crippen LogP contribution in [0, 0.1) is 40.9 Å². The number of fused-ring (bicyclic) bond motifs is 5. The summed E-state index contributed by atoms with van der Waals surface area (Å²) in [7, 11) is 0. The molecule has 4 fully saturated rings. The molecule has 24 heavy (non-hydrogen) atoms. The third kappa shape index (κ3) is 2.44. The van der Waals surface area contributed by atoms with Gasteiger partial charge in [-0.1, -0.05) is 26.0 Å². The largest absolute Gasteiger partial charge is 0.390 e. The van der Waals surface area contributed by atoms with Crippen molar-refractivity contribution in [2.24, 2.45) is 40.9 Å². The molecule has 0 saturated heterocycles. The second-order valence-electron chi connectivity index (χ2n) is 10.3. The third-order valence-electron chi connectivity index (χ3n) is 9.36. The zero-order valence-corrected chi connectivity index (χ0v) is 16.2. The van der Waals surface area contributed by atoms with E-state index in [1.165, 1.54) is 50.5 Å². The fourth-order valence-corrected chi connectivity index (χ4v) is 8.09. The highest BCUT2D eigenvalue weighted by Crippen LogP contribution is 2.65. The van der Waals surface area contributed by atoms with Gasteiger partial charge in [0.1, 0.15) is 0 Å². The number of hydrogen-bond acceptors (Lipinski definition) is 1. The molecule has 4 aliphatic rings. The van der Waals surface area contributed by atoms with Crippen LogP contribution in [-0.2, 0) is 0 Å². The van der Waals surface area contributed by atoms with Crippen molar-refractivity contribution in [1.82, 2.24) is 0 Å². The smallest absolute Gasteiger partial charge is 0.0648 e. The van der Waals surface area contributed by atoms with Crippen LogP contribution in [0.2, 0.25) is 0 Å². The molecule has 0 aromatic heterocycles. The van der Waals surface area contributed by atoms with Crippen molar-refractivity contribution >= 4 is 0 Å². The summed E-state index contributed by atoms with van der Waals surface area (Å²) in [6.45, 7) is 11.4. The first-order valence-electron chi connectivity index (χ1n) is 10.8. The number of allylic oxidation sites excluding steroid dienone is 1. The fraction of sp³-hybridized carbons (Fsp3) is 0.913. The van der Waals surface area contributed by atoms with Gasteiger partial charge in [-0.3, -0.25) is 0 Å². The van der Waals surface area contributed by atoms with Gasteiger partial charge in [-0.05, 0) is 112 Å². The van der Waals surface area contributed by atoms with Crippen LogP contribution in [0.3, 0.4) is 0 Å². The van der Waals surface area contributed by atoms with E-state index >= 15 is 0 Å². The van der Waals surface area contributed by atoms with E-state index in [0.717, 1.165) is 54.8 Å². The van der Waals surface area contributed by atoms with Crippen LogP contribution in [-0.4, -0.2) is 10.7 Å². The summed E-state index contributed by atoms with van der Waals surface area (Å²) < 4.78 is 0. The highest BCUT2D eigenvalue weighted by molar-refractivity contribution is 5.14. The summed E-state index contributed by atoms with van der Waals surface area (Å²) in [5, 5.41) is 10.8. The molecule has 0 amide bonds. The van der Waals surface area contributed by atoms with Crippen molar-refractivity contribution < 1.29 is 5.11 Å². The topological polar surface area (TPSA) is 20.2 Å². The molecule has 0 spiro atoms. The van der Waals surface area contributed by atoms with Crippen LogP contribution in [0.5, 0.6) is 0 Å². The molecule has 4 saturated carbocycles. The van der Waals surface area contributed by atoms with E-state index in [9.17, 15) is 5.11 Å². The van der Waals surface area contributed by atoms with Crippen LogP contribution >= 0.6 is 0 Å². The second kappa shape index (κ2) is 5.86. The van der Waals surface area contributed by atoms with Gasteiger partial charge in [0, 0.05) is 0 Å². The van der Waals surface area contributed by atoms with E-state index in [4.69, 9.17) is 0 Å². The van der Waals surface area contributed by atoms with E-state index in [0.29, 0.717) is 5.41 Å². The van der Waals surface area contributed by atoms with Gasteiger partial charge >= 0.3 is 0 Å². The predicted molar refractivity (Wildman–Crippen MR) is 101 cm³/mol. The first-order chi connectivity index (χ1) is 11.4. The minimum Gasteiger partial charge on any atom is -0.390 e. The average Bonchev–Trinajstić information content (AvgIpc) is 2.91. The molecule has 0 heterocycles. The average molecular weight is 331 g/mol. The summed E-state index contributed by atoms with van der Waals surface area (Å²) in [6, 6.07) is 0. The van der Waals surface area contributed by atoms with Crippen LogP contribution < -0.4 is 0 Å². The molecule has 8 atom stereocenters. The van der Waals surface area contributed by atoms with Gasteiger partial charge < -0.3 is 5.11 Å². The maximum Gasteiger partial charge on any atom is 0.0648 e. The lowest BCUT2D eigenvalue weighted by molar-refractivity contribution is -0.105. The molecule has 4 aliphatic carbocycles. The Morgan fingerprint density at radius 1 is 1.00 bits per heavy atom. The molecule has 0 bridgehead atoms. The third-order valence-corrected chi connectivity index (χ3v) is 9.36. The van der Waals surface area contributed by atoms with E-state index in [-0.39, 0.29) is 5.60 Å². The standard InChI is InChI=1S/C23H38O/c1-5-23(24)13-11-17-16(14-23)6-7-19-18(17)10-12-22(4)20(15(2)3)8-9-21(19)22/h16-21,24H,2,5-14H2,1,3-4H3/t16-,17-,18+,19+,20+,21-,22+,23+/m0/s1. The van der Waals surface area contributed by atoms with Gasteiger partial charge in [0.15, 0.2) is 0 Å². The van der Waals surface area contributed by atoms with Gasteiger partial charge in [0.05, 0.1) is 5.60 Å². The number of aliphatic hydroxyl groups is 1. The maximum absolute atomic E-state index is 10.8. The molecule has 136 valence electrons. The number of hydrogen-bond donors (Lipinski definition) is 1. The van der Waals surface area contributed by atoms with E-state index in [2.05, 4.69) is 27.4 Å². The highest BCUT2D eigenvalue weighted by atomic mass is 16.3. The highest BCUT2D eigenvalue weighted by Gasteiger charge is 2.57. The Hall–Kier alpha value is -0.300. The minimum atomic E-state index is -0.338.